The Morgan fingerprint density at radius 1 is 1.03 bits per heavy atom. The summed E-state index contributed by atoms with van der Waals surface area (Å²) in [4.78, 5) is 12.5. The van der Waals surface area contributed by atoms with Crippen molar-refractivity contribution >= 4 is 44.8 Å². The van der Waals surface area contributed by atoms with Gasteiger partial charge in [0, 0.05) is 18.6 Å². The summed E-state index contributed by atoms with van der Waals surface area (Å²) >= 11 is 11.9. The van der Waals surface area contributed by atoms with Gasteiger partial charge in [-0.25, -0.2) is 12.8 Å². The lowest BCUT2D eigenvalue weighted by atomic mass is 10.2. The molecule has 0 spiro atoms. The molecule has 30 heavy (non-hydrogen) atoms. The van der Waals surface area contributed by atoms with E-state index < -0.39 is 21.7 Å². The summed E-state index contributed by atoms with van der Waals surface area (Å²) in [6.45, 7) is 0.154. The van der Waals surface area contributed by atoms with Gasteiger partial charge in [0.2, 0.25) is 10.0 Å². The number of anilines is 1. The maximum atomic E-state index is 13.9. The Balaban J connectivity index is 1.88. The molecule has 0 aromatic heterocycles. The van der Waals surface area contributed by atoms with E-state index in [4.69, 9.17) is 23.2 Å². The number of amides is 1. The van der Waals surface area contributed by atoms with E-state index in [9.17, 15) is 17.6 Å². The van der Waals surface area contributed by atoms with Crippen molar-refractivity contribution in [3.63, 3.8) is 0 Å². The molecule has 0 bridgehead atoms. The molecule has 1 N–H and O–H groups in total. The third-order valence-electron chi connectivity index (χ3n) is 4.32. The summed E-state index contributed by atoms with van der Waals surface area (Å²) < 4.78 is 41.0. The quantitative estimate of drug-likeness (QED) is 0.542. The van der Waals surface area contributed by atoms with Crippen LogP contribution >= 0.6 is 23.2 Å². The van der Waals surface area contributed by atoms with E-state index in [1.807, 2.05) is 30.3 Å². The number of sulfonamides is 1. The van der Waals surface area contributed by atoms with E-state index in [0.717, 1.165) is 17.7 Å². The van der Waals surface area contributed by atoms with Gasteiger partial charge in [0.25, 0.3) is 5.91 Å². The van der Waals surface area contributed by atoms with Crippen LogP contribution in [-0.4, -0.2) is 25.7 Å². The zero-order valence-electron chi connectivity index (χ0n) is 15.8. The van der Waals surface area contributed by atoms with Crippen LogP contribution in [0.3, 0.4) is 0 Å². The Labute approximate surface area is 184 Å². The van der Waals surface area contributed by atoms with Crippen molar-refractivity contribution in [3.8, 4) is 0 Å². The van der Waals surface area contributed by atoms with Crippen molar-refractivity contribution in [3.05, 3.63) is 93.7 Å². The minimum Gasteiger partial charge on any atom is -0.319 e. The van der Waals surface area contributed by atoms with Crippen LogP contribution in [0.25, 0.3) is 0 Å². The number of carbonyl (C=O) groups is 1. The van der Waals surface area contributed by atoms with Gasteiger partial charge >= 0.3 is 0 Å². The second kappa shape index (κ2) is 9.14. The van der Waals surface area contributed by atoms with Crippen LogP contribution in [0.5, 0.6) is 0 Å². The number of nitrogens with zero attached hydrogens (tertiary/aromatic N) is 1. The van der Waals surface area contributed by atoms with E-state index >= 15 is 0 Å². The minimum absolute atomic E-state index is 0.0274. The van der Waals surface area contributed by atoms with Crippen molar-refractivity contribution < 1.29 is 17.6 Å². The normalized spacial score (nSPS) is 11.5. The summed E-state index contributed by atoms with van der Waals surface area (Å²) in [5.74, 6) is -1.45. The number of hydrogen-bond acceptors (Lipinski definition) is 3. The average Bonchev–Trinajstić information content (AvgIpc) is 2.71. The van der Waals surface area contributed by atoms with Crippen molar-refractivity contribution in [1.82, 2.24) is 4.31 Å². The molecular weight excluding hydrogens is 450 g/mol. The monoisotopic (exact) mass is 466 g/mol. The predicted molar refractivity (Wildman–Crippen MR) is 116 cm³/mol. The van der Waals surface area contributed by atoms with E-state index in [2.05, 4.69) is 5.32 Å². The summed E-state index contributed by atoms with van der Waals surface area (Å²) in [6.07, 6.45) is 0. The molecule has 1 amide bonds. The molecule has 0 atom stereocenters. The second-order valence-corrected chi connectivity index (χ2v) is 9.36. The Kier molecular flexibility index (Phi) is 6.77. The largest absolute Gasteiger partial charge is 0.319 e. The van der Waals surface area contributed by atoms with E-state index in [1.165, 1.54) is 35.6 Å². The zero-order valence-corrected chi connectivity index (χ0v) is 18.1. The summed E-state index contributed by atoms with van der Waals surface area (Å²) in [7, 11) is -2.46. The first-order chi connectivity index (χ1) is 14.2. The summed E-state index contributed by atoms with van der Waals surface area (Å²) in [6, 6.07) is 16.6. The Morgan fingerprint density at radius 2 is 1.73 bits per heavy atom. The Bertz CT molecular complexity index is 1190. The number of carbonyl (C=O) groups excluding carboxylic acids is 1. The second-order valence-electron chi connectivity index (χ2n) is 6.47. The molecule has 0 unspecified atom stereocenters. The highest BCUT2D eigenvalue weighted by atomic mass is 35.5. The van der Waals surface area contributed by atoms with Crippen molar-refractivity contribution in [2.24, 2.45) is 0 Å². The average molecular weight is 467 g/mol. The first-order valence-corrected chi connectivity index (χ1v) is 10.9. The van der Waals surface area contributed by atoms with E-state index in [0.29, 0.717) is 0 Å². The van der Waals surface area contributed by atoms with Crippen LogP contribution in [0.2, 0.25) is 10.0 Å². The van der Waals surface area contributed by atoms with Crippen LogP contribution in [-0.2, 0) is 16.6 Å². The maximum Gasteiger partial charge on any atom is 0.257 e. The molecule has 0 aliphatic carbocycles. The first kappa shape index (κ1) is 22.2. The summed E-state index contributed by atoms with van der Waals surface area (Å²) in [5.41, 5.74) is 0.565. The van der Waals surface area contributed by atoms with Crippen LogP contribution in [0.15, 0.2) is 71.6 Å². The first-order valence-electron chi connectivity index (χ1n) is 8.74. The topological polar surface area (TPSA) is 66.5 Å². The van der Waals surface area contributed by atoms with Gasteiger partial charge in [0.05, 0.1) is 21.2 Å². The SMILES string of the molecule is CN(Cc1ccccc1)S(=O)(=O)c1ccc(Cl)c(C(=O)Nc2cc(Cl)ccc2F)c1. The van der Waals surface area contributed by atoms with Crippen LogP contribution in [0, 0.1) is 5.82 Å². The minimum atomic E-state index is -3.90. The lowest BCUT2D eigenvalue weighted by Gasteiger charge is -2.18. The number of benzene rings is 3. The van der Waals surface area contributed by atoms with Crippen molar-refractivity contribution in [1.29, 1.82) is 0 Å². The lowest BCUT2D eigenvalue weighted by Crippen LogP contribution is -2.27. The predicted octanol–water partition coefficient (Wildman–Crippen LogP) is 5.21. The van der Waals surface area contributed by atoms with Gasteiger partial charge in [-0.1, -0.05) is 53.5 Å². The molecule has 0 fully saturated rings. The number of rotatable bonds is 6. The molecular formula is C21H17Cl2FN2O3S. The van der Waals surface area contributed by atoms with Gasteiger partial charge in [-0.15, -0.1) is 0 Å². The van der Waals surface area contributed by atoms with Crippen molar-refractivity contribution in [2.75, 3.05) is 12.4 Å². The third kappa shape index (κ3) is 4.99. The Hall–Kier alpha value is -2.45. The van der Waals surface area contributed by atoms with Crippen molar-refractivity contribution in [2.45, 2.75) is 11.4 Å². The van der Waals surface area contributed by atoms with Crippen LogP contribution < -0.4 is 5.32 Å². The molecule has 3 aromatic rings. The highest BCUT2D eigenvalue weighted by molar-refractivity contribution is 7.89. The third-order valence-corrected chi connectivity index (χ3v) is 6.68. The molecule has 0 aliphatic heterocycles. The van der Waals surface area contributed by atoms with Gasteiger partial charge in [0.15, 0.2) is 0 Å². The molecule has 0 radical (unpaired) electrons. The van der Waals surface area contributed by atoms with Gasteiger partial charge in [-0.3, -0.25) is 4.79 Å². The standard InChI is InChI=1S/C21H17Cl2FN2O3S/c1-26(13-14-5-3-2-4-6-14)30(28,29)16-8-9-18(23)17(12-16)21(27)25-20-11-15(22)7-10-19(20)24/h2-12H,13H2,1H3,(H,25,27). The van der Waals surface area contributed by atoms with Gasteiger partial charge in [0.1, 0.15) is 5.82 Å². The fourth-order valence-electron chi connectivity index (χ4n) is 2.73. The van der Waals surface area contributed by atoms with Gasteiger partial charge < -0.3 is 5.32 Å². The van der Waals surface area contributed by atoms with Gasteiger partial charge in [-0.05, 0) is 42.0 Å². The molecule has 0 aliphatic rings. The zero-order chi connectivity index (χ0) is 21.9. The number of halogens is 3. The molecule has 0 saturated heterocycles. The molecule has 156 valence electrons. The number of nitrogens with one attached hydrogen (secondary N) is 1. The van der Waals surface area contributed by atoms with Crippen LogP contribution in [0.4, 0.5) is 10.1 Å². The number of hydrogen-bond donors (Lipinski definition) is 1. The summed E-state index contributed by atoms with van der Waals surface area (Å²) in [5, 5.41) is 2.63. The lowest BCUT2D eigenvalue weighted by molar-refractivity contribution is 0.102. The fourth-order valence-corrected chi connectivity index (χ4v) is 4.29. The Morgan fingerprint density at radius 3 is 2.43 bits per heavy atom. The fraction of sp³-hybridized carbons (Fsp3) is 0.0952. The molecule has 3 rings (SSSR count). The smallest absolute Gasteiger partial charge is 0.257 e. The van der Waals surface area contributed by atoms with E-state index in [-0.39, 0.29) is 32.7 Å². The molecule has 9 heteroatoms. The van der Waals surface area contributed by atoms with Gasteiger partial charge in [-0.2, -0.15) is 4.31 Å². The molecule has 5 nitrogen and oxygen atoms in total. The maximum absolute atomic E-state index is 13.9. The highest BCUT2D eigenvalue weighted by Crippen LogP contribution is 2.26. The molecule has 0 saturated carbocycles. The highest BCUT2D eigenvalue weighted by Gasteiger charge is 2.24. The van der Waals surface area contributed by atoms with Crippen LogP contribution in [0.1, 0.15) is 15.9 Å². The molecule has 0 heterocycles. The van der Waals surface area contributed by atoms with E-state index in [1.54, 1.807) is 0 Å². The molecule has 3 aromatic carbocycles.